The minimum absolute atomic E-state index is 0.225. The molecule has 6 heteroatoms. The zero-order valence-corrected chi connectivity index (χ0v) is 16.3. The van der Waals surface area contributed by atoms with Crippen LogP contribution in [0.15, 0.2) is 29.3 Å². The summed E-state index contributed by atoms with van der Waals surface area (Å²) in [5, 5.41) is 15.9. The van der Waals surface area contributed by atoms with Crippen molar-refractivity contribution >= 4 is 17.0 Å². The van der Waals surface area contributed by atoms with Gasteiger partial charge >= 0.3 is 0 Å². The Hall–Kier alpha value is -2.08. The van der Waals surface area contributed by atoms with Crippen LogP contribution in [0.4, 0.5) is 0 Å². The summed E-state index contributed by atoms with van der Waals surface area (Å²) in [5.74, 6) is 2.85. The van der Waals surface area contributed by atoms with E-state index in [4.69, 9.17) is 4.99 Å². The van der Waals surface area contributed by atoms with Crippen LogP contribution in [0.1, 0.15) is 39.4 Å². The van der Waals surface area contributed by atoms with E-state index in [0.717, 1.165) is 61.7 Å². The Bertz CT molecular complexity index is 647. The van der Waals surface area contributed by atoms with Crippen LogP contribution in [-0.4, -0.2) is 47.3 Å². The molecule has 2 rings (SSSR count). The number of aliphatic hydroxyl groups is 1. The predicted molar refractivity (Wildman–Crippen MR) is 108 cm³/mol. The average Bonchev–Trinajstić information content (AvgIpc) is 3.02. The van der Waals surface area contributed by atoms with E-state index in [1.54, 1.807) is 0 Å². The minimum atomic E-state index is 0.225. The zero-order chi connectivity index (χ0) is 18.8. The summed E-state index contributed by atoms with van der Waals surface area (Å²) < 4.78 is 0. The summed E-state index contributed by atoms with van der Waals surface area (Å²) in [6, 6.07) is 8.07. The molecule has 0 spiro atoms. The van der Waals surface area contributed by atoms with Crippen molar-refractivity contribution in [3.8, 4) is 0 Å². The van der Waals surface area contributed by atoms with E-state index in [1.807, 2.05) is 24.3 Å². The number of hydrogen-bond donors (Lipinski definition) is 4. The van der Waals surface area contributed by atoms with Crippen molar-refractivity contribution < 1.29 is 5.11 Å². The molecule has 1 aromatic heterocycles. The van der Waals surface area contributed by atoms with Gasteiger partial charge in [0.05, 0.1) is 11.0 Å². The van der Waals surface area contributed by atoms with Crippen LogP contribution >= 0.6 is 0 Å². The maximum atomic E-state index is 9.26. The highest BCUT2D eigenvalue weighted by Crippen LogP contribution is 2.15. The summed E-state index contributed by atoms with van der Waals surface area (Å²) in [6.45, 7) is 9.04. The van der Waals surface area contributed by atoms with E-state index < -0.39 is 0 Å². The molecule has 4 N–H and O–H groups in total. The van der Waals surface area contributed by atoms with Gasteiger partial charge < -0.3 is 20.7 Å². The number of imidazole rings is 1. The maximum Gasteiger partial charge on any atom is 0.191 e. The number of benzene rings is 1. The SMILES string of the molecule is CCNC(=NCC(CCO)CC(C)C)NCCc1nc2ccccc2[nH]1. The molecule has 1 unspecified atom stereocenters. The normalized spacial score (nSPS) is 13.3. The van der Waals surface area contributed by atoms with Gasteiger partial charge in [0.2, 0.25) is 0 Å². The molecule has 6 nitrogen and oxygen atoms in total. The van der Waals surface area contributed by atoms with Crippen LogP contribution < -0.4 is 10.6 Å². The lowest BCUT2D eigenvalue weighted by Gasteiger charge is -2.17. The first-order valence-electron chi connectivity index (χ1n) is 9.69. The molecule has 0 aliphatic rings. The van der Waals surface area contributed by atoms with Gasteiger partial charge in [-0.25, -0.2) is 4.98 Å². The van der Waals surface area contributed by atoms with Crippen molar-refractivity contribution in [3.63, 3.8) is 0 Å². The third-order valence-electron chi connectivity index (χ3n) is 4.29. The third kappa shape index (κ3) is 6.67. The number of nitrogens with zero attached hydrogens (tertiary/aromatic N) is 2. The Morgan fingerprint density at radius 3 is 2.77 bits per heavy atom. The number of rotatable bonds is 10. The Balaban J connectivity index is 1.87. The predicted octanol–water partition coefficient (Wildman–Crippen LogP) is 2.71. The van der Waals surface area contributed by atoms with Gasteiger partial charge in [-0.3, -0.25) is 4.99 Å². The zero-order valence-electron chi connectivity index (χ0n) is 16.3. The molecular weight excluding hydrogens is 326 g/mol. The minimum Gasteiger partial charge on any atom is -0.396 e. The van der Waals surface area contributed by atoms with Crippen LogP contribution in [0, 0.1) is 11.8 Å². The van der Waals surface area contributed by atoms with Gasteiger partial charge in [-0.05, 0) is 43.7 Å². The number of aromatic nitrogens is 2. The smallest absolute Gasteiger partial charge is 0.191 e. The van der Waals surface area contributed by atoms with Gasteiger partial charge in [-0.1, -0.05) is 26.0 Å². The molecule has 26 heavy (non-hydrogen) atoms. The largest absolute Gasteiger partial charge is 0.396 e. The first kappa shape index (κ1) is 20.2. The first-order valence-corrected chi connectivity index (χ1v) is 9.69. The lowest BCUT2D eigenvalue weighted by atomic mass is 9.94. The number of aliphatic hydroxyl groups excluding tert-OH is 1. The Labute approximate surface area is 156 Å². The van der Waals surface area contributed by atoms with Gasteiger partial charge in [0.15, 0.2) is 5.96 Å². The molecule has 1 aromatic carbocycles. The van der Waals surface area contributed by atoms with E-state index in [1.165, 1.54) is 0 Å². The number of aromatic amines is 1. The van der Waals surface area contributed by atoms with Crippen LogP contribution in [0.5, 0.6) is 0 Å². The van der Waals surface area contributed by atoms with Crippen molar-refractivity contribution in [1.29, 1.82) is 0 Å². The highest BCUT2D eigenvalue weighted by atomic mass is 16.3. The van der Waals surface area contributed by atoms with Crippen LogP contribution in [0.25, 0.3) is 11.0 Å². The molecular formula is C20H33N5O. The van der Waals surface area contributed by atoms with E-state index in [0.29, 0.717) is 11.8 Å². The van der Waals surface area contributed by atoms with Gasteiger partial charge in [0.1, 0.15) is 5.82 Å². The summed E-state index contributed by atoms with van der Waals surface area (Å²) in [5.41, 5.74) is 2.08. The van der Waals surface area contributed by atoms with E-state index in [2.05, 4.69) is 41.4 Å². The molecule has 0 radical (unpaired) electrons. The summed E-state index contributed by atoms with van der Waals surface area (Å²) in [4.78, 5) is 12.7. The lowest BCUT2D eigenvalue weighted by Crippen LogP contribution is -2.38. The number of aliphatic imine (C=N–C) groups is 1. The molecule has 0 aliphatic carbocycles. The number of fused-ring (bicyclic) bond motifs is 1. The fourth-order valence-corrected chi connectivity index (χ4v) is 3.12. The highest BCUT2D eigenvalue weighted by molar-refractivity contribution is 5.79. The number of hydrogen-bond acceptors (Lipinski definition) is 3. The Kier molecular flexibility index (Phi) is 8.41. The van der Waals surface area contributed by atoms with E-state index in [9.17, 15) is 5.11 Å². The quantitative estimate of drug-likeness (QED) is 0.388. The first-order chi connectivity index (χ1) is 12.6. The van der Waals surface area contributed by atoms with E-state index >= 15 is 0 Å². The molecule has 0 saturated heterocycles. The standard InChI is InChI=1S/C20H33N5O/c1-4-21-20(23-14-16(10-12-26)13-15(2)3)22-11-9-19-24-17-7-5-6-8-18(17)25-19/h5-8,15-16,26H,4,9-14H2,1-3H3,(H,24,25)(H2,21,22,23). The molecule has 2 aromatic rings. The van der Waals surface area contributed by atoms with Crippen molar-refractivity contribution in [3.05, 3.63) is 30.1 Å². The molecule has 0 fully saturated rings. The fraction of sp³-hybridized carbons (Fsp3) is 0.600. The van der Waals surface area contributed by atoms with E-state index in [-0.39, 0.29) is 6.61 Å². The monoisotopic (exact) mass is 359 g/mol. The number of para-hydroxylation sites is 2. The molecule has 0 amide bonds. The second-order valence-electron chi connectivity index (χ2n) is 7.10. The van der Waals surface area contributed by atoms with Crippen molar-refractivity contribution in [1.82, 2.24) is 20.6 Å². The van der Waals surface area contributed by atoms with Gasteiger partial charge in [-0.15, -0.1) is 0 Å². The van der Waals surface area contributed by atoms with Crippen LogP contribution in [0.3, 0.4) is 0 Å². The number of nitrogens with one attached hydrogen (secondary N) is 3. The summed E-state index contributed by atoms with van der Waals surface area (Å²) in [7, 11) is 0. The van der Waals surface area contributed by atoms with Crippen LogP contribution in [0.2, 0.25) is 0 Å². The maximum absolute atomic E-state index is 9.26. The average molecular weight is 360 g/mol. The van der Waals surface area contributed by atoms with Crippen molar-refractivity contribution in [2.24, 2.45) is 16.8 Å². The highest BCUT2D eigenvalue weighted by Gasteiger charge is 2.11. The number of guanidine groups is 1. The molecule has 144 valence electrons. The van der Waals surface area contributed by atoms with Crippen molar-refractivity contribution in [2.45, 2.75) is 40.0 Å². The number of H-pyrrole nitrogens is 1. The lowest BCUT2D eigenvalue weighted by molar-refractivity contribution is 0.245. The summed E-state index contributed by atoms with van der Waals surface area (Å²) in [6.07, 6.45) is 2.70. The molecule has 0 saturated carbocycles. The van der Waals surface area contributed by atoms with Crippen molar-refractivity contribution in [2.75, 3.05) is 26.2 Å². The molecule has 1 heterocycles. The Morgan fingerprint density at radius 1 is 1.27 bits per heavy atom. The third-order valence-corrected chi connectivity index (χ3v) is 4.29. The molecule has 1 atom stereocenters. The fourth-order valence-electron chi connectivity index (χ4n) is 3.12. The van der Waals surface area contributed by atoms with Gasteiger partial charge in [-0.2, -0.15) is 0 Å². The van der Waals surface area contributed by atoms with Crippen LogP contribution in [-0.2, 0) is 6.42 Å². The van der Waals surface area contributed by atoms with Gasteiger partial charge in [0, 0.05) is 32.7 Å². The summed E-state index contributed by atoms with van der Waals surface area (Å²) >= 11 is 0. The van der Waals surface area contributed by atoms with Gasteiger partial charge in [0.25, 0.3) is 0 Å². The molecule has 0 aliphatic heterocycles. The second-order valence-corrected chi connectivity index (χ2v) is 7.10. The molecule has 0 bridgehead atoms. The topological polar surface area (TPSA) is 85.3 Å². The second kappa shape index (κ2) is 10.8. The Morgan fingerprint density at radius 2 is 2.08 bits per heavy atom.